The van der Waals surface area contributed by atoms with Gasteiger partial charge < -0.3 is 5.32 Å². The van der Waals surface area contributed by atoms with Crippen LogP contribution in [0.5, 0.6) is 0 Å². The molecule has 1 atom stereocenters. The smallest absolute Gasteiger partial charge is 0.241 e. The summed E-state index contributed by atoms with van der Waals surface area (Å²) < 4.78 is 25.8. The second kappa shape index (κ2) is 8.57. The minimum Gasteiger partial charge on any atom is -0.348 e. The molecule has 0 heterocycles. The van der Waals surface area contributed by atoms with Gasteiger partial charge in [0.05, 0.1) is 18.0 Å². The third-order valence-corrected chi connectivity index (χ3v) is 5.73. The van der Waals surface area contributed by atoms with Gasteiger partial charge in [-0.3, -0.25) is 9.10 Å². The number of para-hydroxylation sites is 1. The van der Waals surface area contributed by atoms with Crippen molar-refractivity contribution < 1.29 is 13.2 Å². The Hall–Kier alpha value is -2.34. The topological polar surface area (TPSA) is 66.5 Å². The summed E-state index contributed by atoms with van der Waals surface area (Å²) in [5.41, 5.74) is 4.68. The minimum atomic E-state index is -3.59. The third kappa shape index (κ3) is 5.32. The van der Waals surface area contributed by atoms with Gasteiger partial charge in [0.25, 0.3) is 0 Å². The summed E-state index contributed by atoms with van der Waals surface area (Å²) in [4.78, 5) is 12.6. The van der Waals surface area contributed by atoms with E-state index in [4.69, 9.17) is 0 Å². The van der Waals surface area contributed by atoms with E-state index in [1.54, 1.807) is 12.1 Å². The van der Waals surface area contributed by atoms with Crippen LogP contribution >= 0.6 is 0 Å². The number of hydrogen-bond acceptors (Lipinski definition) is 3. The molecule has 2 aromatic rings. The lowest BCUT2D eigenvalue weighted by molar-refractivity contribution is -0.120. The number of nitrogens with zero attached hydrogens (tertiary/aromatic N) is 1. The molecule has 0 aliphatic heterocycles. The Balaban J connectivity index is 2.23. The van der Waals surface area contributed by atoms with E-state index in [2.05, 4.69) is 5.32 Å². The summed E-state index contributed by atoms with van der Waals surface area (Å²) in [7, 11) is -3.59. The second-order valence-electron chi connectivity index (χ2n) is 6.90. The highest BCUT2D eigenvalue weighted by Gasteiger charge is 2.23. The van der Waals surface area contributed by atoms with Gasteiger partial charge in [0.1, 0.15) is 6.54 Å². The summed E-state index contributed by atoms with van der Waals surface area (Å²) in [5, 5.41) is 2.93. The molecule has 0 saturated carbocycles. The van der Waals surface area contributed by atoms with Crippen LogP contribution in [0.1, 0.15) is 42.1 Å². The van der Waals surface area contributed by atoms with Gasteiger partial charge in [-0.15, -0.1) is 0 Å². The zero-order valence-electron chi connectivity index (χ0n) is 16.6. The first kappa shape index (κ1) is 21.0. The molecule has 0 aliphatic rings. The molecule has 1 amide bonds. The summed E-state index contributed by atoms with van der Waals surface area (Å²) in [6.07, 6.45) is 1.81. The zero-order valence-corrected chi connectivity index (χ0v) is 17.4. The van der Waals surface area contributed by atoms with Gasteiger partial charge in [-0.25, -0.2) is 8.42 Å². The first-order chi connectivity index (χ1) is 12.6. The maximum absolute atomic E-state index is 12.6. The summed E-state index contributed by atoms with van der Waals surface area (Å²) in [5.74, 6) is -0.334. The molecule has 0 spiro atoms. The average Bonchev–Trinajstić information content (AvgIpc) is 2.60. The average molecular weight is 389 g/mol. The van der Waals surface area contributed by atoms with E-state index in [1.807, 2.05) is 58.0 Å². The Labute approximate surface area is 162 Å². The molecule has 0 aliphatic carbocycles. The van der Waals surface area contributed by atoms with Crippen LogP contribution < -0.4 is 9.62 Å². The van der Waals surface area contributed by atoms with E-state index in [0.29, 0.717) is 12.1 Å². The molecule has 2 aromatic carbocycles. The summed E-state index contributed by atoms with van der Waals surface area (Å²) in [6.45, 7) is 7.62. The number of amides is 1. The predicted molar refractivity (Wildman–Crippen MR) is 110 cm³/mol. The number of sulfonamides is 1. The SMILES string of the molecule is CCc1ccccc1N(CC(=O)N[C@H](C)c1cc(C)ccc1C)S(C)(=O)=O. The van der Waals surface area contributed by atoms with E-state index in [-0.39, 0.29) is 18.5 Å². The van der Waals surface area contributed by atoms with Crippen LogP contribution in [-0.2, 0) is 21.2 Å². The van der Waals surface area contributed by atoms with Crippen LogP contribution in [-0.4, -0.2) is 27.1 Å². The molecule has 5 nitrogen and oxygen atoms in total. The molecule has 0 radical (unpaired) electrons. The molecule has 0 fully saturated rings. The summed E-state index contributed by atoms with van der Waals surface area (Å²) >= 11 is 0. The normalized spacial score (nSPS) is 12.5. The number of nitrogens with one attached hydrogen (secondary N) is 1. The Morgan fingerprint density at radius 3 is 2.44 bits per heavy atom. The minimum absolute atomic E-state index is 0.208. The van der Waals surface area contributed by atoms with E-state index in [0.717, 1.165) is 28.5 Å². The van der Waals surface area contributed by atoms with Crippen molar-refractivity contribution in [3.63, 3.8) is 0 Å². The van der Waals surface area contributed by atoms with E-state index >= 15 is 0 Å². The van der Waals surface area contributed by atoms with Gasteiger partial charge in [0, 0.05) is 0 Å². The van der Waals surface area contributed by atoms with Gasteiger partial charge in [0.15, 0.2) is 0 Å². The number of anilines is 1. The Kier molecular flexibility index (Phi) is 6.65. The fraction of sp³-hybridized carbons (Fsp3) is 0.381. The largest absolute Gasteiger partial charge is 0.348 e. The number of aryl methyl sites for hydroxylation is 3. The van der Waals surface area contributed by atoms with Gasteiger partial charge in [0.2, 0.25) is 15.9 Å². The van der Waals surface area contributed by atoms with Crippen molar-refractivity contribution in [1.82, 2.24) is 5.32 Å². The molecular formula is C21H28N2O3S. The molecule has 27 heavy (non-hydrogen) atoms. The first-order valence-electron chi connectivity index (χ1n) is 9.05. The molecule has 0 bridgehead atoms. The lowest BCUT2D eigenvalue weighted by atomic mass is 10.00. The fourth-order valence-corrected chi connectivity index (χ4v) is 4.04. The number of carbonyl (C=O) groups excluding carboxylic acids is 1. The Morgan fingerprint density at radius 1 is 1.15 bits per heavy atom. The molecule has 6 heteroatoms. The molecule has 0 unspecified atom stereocenters. The monoisotopic (exact) mass is 388 g/mol. The van der Waals surface area contributed by atoms with E-state index < -0.39 is 10.0 Å². The number of carbonyl (C=O) groups is 1. The second-order valence-corrected chi connectivity index (χ2v) is 8.81. The molecular weight excluding hydrogens is 360 g/mol. The van der Waals surface area contributed by atoms with Crippen molar-refractivity contribution in [2.45, 2.75) is 40.2 Å². The molecule has 146 valence electrons. The van der Waals surface area contributed by atoms with Crippen molar-refractivity contribution >= 4 is 21.6 Å². The molecule has 2 rings (SSSR count). The molecule has 1 N–H and O–H groups in total. The number of benzene rings is 2. The van der Waals surface area contributed by atoms with Gasteiger partial charge in [-0.1, -0.05) is 48.9 Å². The maximum Gasteiger partial charge on any atom is 0.241 e. The van der Waals surface area contributed by atoms with Crippen molar-refractivity contribution in [2.75, 3.05) is 17.1 Å². The van der Waals surface area contributed by atoms with Crippen molar-refractivity contribution in [3.05, 3.63) is 64.7 Å². The van der Waals surface area contributed by atoms with E-state index in [9.17, 15) is 13.2 Å². The van der Waals surface area contributed by atoms with Crippen molar-refractivity contribution in [2.24, 2.45) is 0 Å². The standard InChI is InChI=1S/C21H28N2O3S/c1-6-18-9-7-8-10-20(18)23(27(5,25)26)14-21(24)22-17(4)19-13-15(2)11-12-16(19)3/h7-13,17H,6,14H2,1-5H3,(H,22,24)/t17-/m1/s1. The van der Waals surface area contributed by atoms with Crippen LogP contribution in [0, 0.1) is 13.8 Å². The quantitative estimate of drug-likeness (QED) is 0.789. The van der Waals surface area contributed by atoms with Gasteiger partial charge in [-0.2, -0.15) is 0 Å². The molecule has 0 aromatic heterocycles. The van der Waals surface area contributed by atoms with Crippen LogP contribution in [0.3, 0.4) is 0 Å². The summed E-state index contributed by atoms with van der Waals surface area (Å²) in [6, 6.07) is 13.1. The number of rotatable bonds is 7. The lowest BCUT2D eigenvalue weighted by Gasteiger charge is -2.25. The van der Waals surface area contributed by atoms with Gasteiger partial charge >= 0.3 is 0 Å². The van der Waals surface area contributed by atoms with Gasteiger partial charge in [-0.05, 0) is 49.9 Å². The fourth-order valence-electron chi connectivity index (χ4n) is 3.16. The lowest BCUT2D eigenvalue weighted by Crippen LogP contribution is -2.41. The van der Waals surface area contributed by atoms with Crippen LogP contribution in [0.25, 0.3) is 0 Å². The zero-order chi connectivity index (χ0) is 20.2. The Bertz CT molecular complexity index is 923. The number of hydrogen-bond donors (Lipinski definition) is 1. The van der Waals surface area contributed by atoms with Crippen LogP contribution in [0.15, 0.2) is 42.5 Å². The van der Waals surface area contributed by atoms with Crippen LogP contribution in [0.4, 0.5) is 5.69 Å². The highest BCUT2D eigenvalue weighted by Crippen LogP contribution is 2.24. The molecule has 0 saturated heterocycles. The van der Waals surface area contributed by atoms with E-state index in [1.165, 1.54) is 4.31 Å². The highest BCUT2D eigenvalue weighted by atomic mass is 32.2. The highest BCUT2D eigenvalue weighted by molar-refractivity contribution is 7.92. The van der Waals surface area contributed by atoms with Crippen LogP contribution in [0.2, 0.25) is 0 Å². The predicted octanol–water partition coefficient (Wildman–Crippen LogP) is 3.51. The maximum atomic E-state index is 12.6. The third-order valence-electron chi connectivity index (χ3n) is 4.61. The van der Waals surface area contributed by atoms with Crippen molar-refractivity contribution in [3.8, 4) is 0 Å². The van der Waals surface area contributed by atoms with Crippen molar-refractivity contribution in [1.29, 1.82) is 0 Å². The first-order valence-corrected chi connectivity index (χ1v) is 10.9. The Morgan fingerprint density at radius 2 is 1.81 bits per heavy atom.